The number of morpholine rings is 1. The average Bonchev–Trinajstić information content (AvgIpc) is 2.79. The average molecular weight is 257 g/mol. The predicted octanol–water partition coefficient (Wildman–Crippen LogP) is 1.16. The molecule has 0 spiro atoms. The van der Waals surface area contributed by atoms with Gasteiger partial charge in [-0.3, -0.25) is 4.90 Å². The Morgan fingerprint density at radius 2 is 2.29 bits per heavy atom. The van der Waals surface area contributed by atoms with Gasteiger partial charge in [0.1, 0.15) is 17.2 Å². The number of hydrogen-bond acceptors (Lipinski definition) is 5. The van der Waals surface area contributed by atoms with E-state index in [4.69, 9.17) is 14.6 Å². The van der Waals surface area contributed by atoms with Crippen LogP contribution in [0, 0.1) is 0 Å². The first-order chi connectivity index (χ1) is 8.25. The standard InChI is InChI=1S/C11H15NO4S/c13-11(14)10-7-9(8-17-10)16-6-3-12-1-4-15-5-2-12/h7-8H,1-6H2,(H,13,14). The smallest absolute Gasteiger partial charge is 0.346 e. The van der Waals surface area contributed by atoms with Gasteiger partial charge in [-0.15, -0.1) is 11.3 Å². The van der Waals surface area contributed by atoms with E-state index in [1.807, 2.05) is 0 Å². The highest BCUT2D eigenvalue weighted by Gasteiger charge is 2.11. The SMILES string of the molecule is O=C(O)c1cc(OCCN2CCOCC2)cs1. The van der Waals surface area contributed by atoms with Crippen molar-refractivity contribution in [3.8, 4) is 5.75 Å². The van der Waals surface area contributed by atoms with Crippen molar-refractivity contribution in [3.05, 3.63) is 16.3 Å². The zero-order valence-electron chi connectivity index (χ0n) is 9.42. The summed E-state index contributed by atoms with van der Waals surface area (Å²) in [6, 6.07) is 1.56. The van der Waals surface area contributed by atoms with Crippen LogP contribution in [0.2, 0.25) is 0 Å². The van der Waals surface area contributed by atoms with Gasteiger partial charge >= 0.3 is 5.97 Å². The lowest BCUT2D eigenvalue weighted by molar-refractivity contribution is 0.0322. The molecule has 1 saturated heterocycles. The third kappa shape index (κ3) is 3.69. The fourth-order valence-corrected chi connectivity index (χ4v) is 2.29. The van der Waals surface area contributed by atoms with Crippen LogP contribution >= 0.6 is 11.3 Å². The molecule has 0 aliphatic carbocycles. The van der Waals surface area contributed by atoms with Crippen LogP contribution in [0.1, 0.15) is 9.67 Å². The van der Waals surface area contributed by atoms with Gasteiger partial charge in [0, 0.05) is 31.1 Å². The molecule has 6 heteroatoms. The number of ether oxygens (including phenoxy) is 2. The summed E-state index contributed by atoms with van der Waals surface area (Å²) in [7, 11) is 0. The molecule has 2 heterocycles. The molecule has 1 aromatic heterocycles. The van der Waals surface area contributed by atoms with Crippen molar-refractivity contribution >= 4 is 17.3 Å². The van der Waals surface area contributed by atoms with Gasteiger partial charge in [0.05, 0.1) is 13.2 Å². The van der Waals surface area contributed by atoms with E-state index in [-0.39, 0.29) is 0 Å². The molecule has 17 heavy (non-hydrogen) atoms. The molecule has 0 saturated carbocycles. The minimum absolute atomic E-state index is 0.311. The van der Waals surface area contributed by atoms with Crippen LogP contribution in [0.5, 0.6) is 5.75 Å². The quantitative estimate of drug-likeness (QED) is 0.857. The van der Waals surface area contributed by atoms with Crippen LogP contribution in [0.3, 0.4) is 0 Å². The van der Waals surface area contributed by atoms with E-state index in [0.717, 1.165) is 32.8 Å². The first kappa shape index (κ1) is 12.3. The molecule has 1 aliphatic heterocycles. The maximum absolute atomic E-state index is 10.7. The number of thiophene rings is 1. The van der Waals surface area contributed by atoms with Crippen LogP contribution in [0.25, 0.3) is 0 Å². The van der Waals surface area contributed by atoms with E-state index in [2.05, 4.69) is 4.90 Å². The zero-order chi connectivity index (χ0) is 12.1. The largest absolute Gasteiger partial charge is 0.491 e. The van der Waals surface area contributed by atoms with Crippen molar-refractivity contribution in [2.24, 2.45) is 0 Å². The van der Waals surface area contributed by atoms with Crippen molar-refractivity contribution in [1.29, 1.82) is 0 Å². The molecule has 0 amide bonds. The number of rotatable bonds is 5. The van der Waals surface area contributed by atoms with Crippen LogP contribution in [0.15, 0.2) is 11.4 Å². The van der Waals surface area contributed by atoms with E-state index < -0.39 is 5.97 Å². The predicted molar refractivity (Wildman–Crippen MR) is 64.0 cm³/mol. The maximum Gasteiger partial charge on any atom is 0.346 e. The van der Waals surface area contributed by atoms with Gasteiger partial charge in [-0.25, -0.2) is 4.79 Å². The Morgan fingerprint density at radius 1 is 1.53 bits per heavy atom. The molecule has 1 aliphatic rings. The molecule has 1 fully saturated rings. The molecule has 0 bridgehead atoms. The lowest BCUT2D eigenvalue weighted by Crippen LogP contribution is -2.38. The molecule has 1 aromatic rings. The first-order valence-corrected chi connectivity index (χ1v) is 6.38. The van der Waals surface area contributed by atoms with Crippen molar-refractivity contribution < 1.29 is 19.4 Å². The second-order valence-electron chi connectivity index (χ2n) is 3.75. The number of nitrogens with zero attached hydrogens (tertiary/aromatic N) is 1. The fourth-order valence-electron chi connectivity index (χ4n) is 1.62. The number of aromatic carboxylic acids is 1. The lowest BCUT2D eigenvalue weighted by atomic mass is 10.4. The minimum atomic E-state index is -0.905. The van der Waals surface area contributed by atoms with E-state index in [0.29, 0.717) is 17.2 Å². The highest BCUT2D eigenvalue weighted by Crippen LogP contribution is 2.21. The summed E-state index contributed by atoms with van der Waals surface area (Å²) in [6.07, 6.45) is 0. The van der Waals surface area contributed by atoms with Crippen molar-refractivity contribution in [2.75, 3.05) is 39.5 Å². The van der Waals surface area contributed by atoms with Crippen LogP contribution in [0.4, 0.5) is 0 Å². The lowest BCUT2D eigenvalue weighted by Gasteiger charge is -2.26. The van der Waals surface area contributed by atoms with E-state index in [1.54, 1.807) is 11.4 Å². The third-order valence-electron chi connectivity index (χ3n) is 2.57. The Labute approximate surface area is 104 Å². The van der Waals surface area contributed by atoms with Crippen LogP contribution in [-0.2, 0) is 4.74 Å². The van der Waals surface area contributed by atoms with Gasteiger partial charge < -0.3 is 14.6 Å². The Hall–Kier alpha value is -1.11. The van der Waals surface area contributed by atoms with Crippen molar-refractivity contribution in [3.63, 3.8) is 0 Å². The molecule has 0 radical (unpaired) electrons. The van der Waals surface area contributed by atoms with Gasteiger partial charge in [0.15, 0.2) is 0 Å². The number of carboxylic acids is 1. The Bertz CT molecular complexity index is 373. The number of carboxylic acid groups (broad SMARTS) is 1. The summed E-state index contributed by atoms with van der Waals surface area (Å²) < 4.78 is 10.8. The Morgan fingerprint density at radius 3 is 2.94 bits per heavy atom. The summed E-state index contributed by atoms with van der Waals surface area (Å²) in [5, 5.41) is 10.5. The molecular weight excluding hydrogens is 242 g/mol. The molecule has 0 unspecified atom stereocenters. The summed E-state index contributed by atoms with van der Waals surface area (Å²) in [5.41, 5.74) is 0. The van der Waals surface area contributed by atoms with Crippen molar-refractivity contribution in [1.82, 2.24) is 4.90 Å². The van der Waals surface area contributed by atoms with Crippen molar-refractivity contribution in [2.45, 2.75) is 0 Å². The topological polar surface area (TPSA) is 59.0 Å². The third-order valence-corrected chi connectivity index (χ3v) is 3.46. The molecule has 0 atom stereocenters. The van der Waals surface area contributed by atoms with E-state index in [9.17, 15) is 4.79 Å². The van der Waals surface area contributed by atoms with Gasteiger partial charge in [-0.1, -0.05) is 0 Å². The highest BCUT2D eigenvalue weighted by molar-refractivity contribution is 7.12. The van der Waals surface area contributed by atoms with Gasteiger partial charge in [0.2, 0.25) is 0 Å². The summed E-state index contributed by atoms with van der Waals surface area (Å²) in [6.45, 7) is 4.86. The number of hydrogen-bond donors (Lipinski definition) is 1. The Kier molecular flexibility index (Phi) is 4.36. The summed E-state index contributed by atoms with van der Waals surface area (Å²) in [5.74, 6) is -0.265. The second-order valence-corrected chi connectivity index (χ2v) is 4.67. The highest BCUT2D eigenvalue weighted by atomic mass is 32.1. The maximum atomic E-state index is 10.7. The minimum Gasteiger partial charge on any atom is -0.491 e. The van der Waals surface area contributed by atoms with E-state index >= 15 is 0 Å². The Balaban J connectivity index is 1.71. The fraction of sp³-hybridized carbons (Fsp3) is 0.545. The summed E-state index contributed by atoms with van der Waals surface area (Å²) in [4.78, 5) is 13.3. The van der Waals surface area contributed by atoms with Crippen LogP contribution < -0.4 is 4.74 Å². The van der Waals surface area contributed by atoms with Gasteiger partial charge in [-0.2, -0.15) is 0 Å². The van der Waals surface area contributed by atoms with Gasteiger partial charge in [-0.05, 0) is 0 Å². The van der Waals surface area contributed by atoms with E-state index in [1.165, 1.54) is 11.3 Å². The van der Waals surface area contributed by atoms with Crippen LogP contribution in [-0.4, -0.2) is 55.4 Å². The molecule has 2 rings (SSSR count). The molecule has 94 valence electrons. The monoisotopic (exact) mass is 257 g/mol. The molecule has 1 N–H and O–H groups in total. The second kappa shape index (κ2) is 6.00. The molecule has 5 nitrogen and oxygen atoms in total. The zero-order valence-corrected chi connectivity index (χ0v) is 10.2. The normalized spacial score (nSPS) is 16.9. The molecular formula is C11H15NO4S. The first-order valence-electron chi connectivity index (χ1n) is 5.50. The number of carbonyl (C=O) groups is 1. The molecule has 0 aromatic carbocycles. The van der Waals surface area contributed by atoms with Gasteiger partial charge in [0.25, 0.3) is 0 Å². The summed E-state index contributed by atoms with van der Waals surface area (Å²) >= 11 is 1.19.